The Kier molecular flexibility index (Phi) is 12.9. The van der Waals surface area contributed by atoms with Crippen molar-refractivity contribution in [3.63, 3.8) is 0 Å². The van der Waals surface area contributed by atoms with Gasteiger partial charge in [0.1, 0.15) is 17.5 Å². The maximum atomic E-state index is 13.5. The predicted molar refractivity (Wildman–Crippen MR) is 155 cm³/mol. The zero-order valence-electron chi connectivity index (χ0n) is 24.9. The van der Waals surface area contributed by atoms with Gasteiger partial charge in [-0.1, -0.05) is 19.1 Å². The van der Waals surface area contributed by atoms with Crippen LogP contribution in [0.5, 0.6) is 23.0 Å². The molecule has 14 heteroatoms. The van der Waals surface area contributed by atoms with Crippen molar-refractivity contribution in [2.45, 2.75) is 64.7 Å². The van der Waals surface area contributed by atoms with E-state index >= 15 is 0 Å². The number of nitrogens with zero attached hydrogens (tertiary/aromatic N) is 1. The summed E-state index contributed by atoms with van der Waals surface area (Å²) in [6, 6.07) is 4.81. The molecule has 0 amide bonds. The Morgan fingerprint density at radius 2 is 1.55 bits per heavy atom. The van der Waals surface area contributed by atoms with Gasteiger partial charge < -0.3 is 34.3 Å². The van der Waals surface area contributed by atoms with Gasteiger partial charge in [-0.3, -0.25) is 14.5 Å². The highest BCUT2D eigenvalue weighted by molar-refractivity contribution is 5.83. The van der Waals surface area contributed by atoms with Crippen molar-refractivity contribution in [2.24, 2.45) is 0 Å². The molecule has 3 rings (SSSR count). The number of likely N-dealkylation sites (tertiary alicyclic amines) is 1. The number of ether oxygens (including phenoxy) is 5. The van der Waals surface area contributed by atoms with Crippen molar-refractivity contribution >= 4 is 23.6 Å². The van der Waals surface area contributed by atoms with Gasteiger partial charge in [0, 0.05) is 44.8 Å². The molecule has 0 saturated carbocycles. The Balaban J connectivity index is 2.00. The van der Waals surface area contributed by atoms with Crippen molar-refractivity contribution in [2.75, 3.05) is 38.4 Å². The predicted octanol–water partition coefficient (Wildman–Crippen LogP) is 6.06. The summed E-state index contributed by atoms with van der Waals surface area (Å²) >= 11 is 0. The lowest BCUT2D eigenvalue weighted by Gasteiger charge is -2.26. The van der Waals surface area contributed by atoms with E-state index in [0.717, 1.165) is 12.5 Å². The summed E-state index contributed by atoms with van der Waals surface area (Å²) in [5, 5.41) is 5.83. The van der Waals surface area contributed by atoms with Gasteiger partial charge >= 0.3 is 19.2 Å². The first kappa shape index (κ1) is 34.3. The normalized spacial score (nSPS) is 15.8. The number of carbonyl (C=O) groups is 2. The van der Waals surface area contributed by atoms with Crippen LogP contribution in [0.25, 0.3) is 0 Å². The van der Waals surface area contributed by atoms with Crippen LogP contribution >= 0.6 is 0 Å². The van der Waals surface area contributed by atoms with Crippen LogP contribution < -0.4 is 29.6 Å². The number of benzene rings is 2. The molecule has 1 aliphatic rings. The van der Waals surface area contributed by atoms with Crippen LogP contribution in [0, 0.1) is 0 Å². The molecular formula is C30H37F4N3O7. The lowest BCUT2D eigenvalue weighted by Crippen LogP contribution is -2.36. The Bertz CT molecular complexity index is 1300. The second-order valence-electron chi connectivity index (χ2n) is 9.65. The first-order valence-corrected chi connectivity index (χ1v) is 14.0. The Morgan fingerprint density at radius 3 is 2.11 bits per heavy atom. The lowest BCUT2D eigenvalue weighted by atomic mass is 10.1. The van der Waals surface area contributed by atoms with Crippen molar-refractivity contribution in [3.05, 3.63) is 47.5 Å². The summed E-state index contributed by atoms with van der Waals surface area (Å²) in [6.07, 6.45) is 5.12. The number of halogens is 4. The molecule has 10 nitrogen and oxygen atoms in total. The van der Waals surface area contributed by atoms with E-state index in [9.17, 15) is 27.2 Å². The van der Waals surface area contributed by atoms with Crippen LogP contribution in [0.4, 0.5) is 28.9 Å². The number of allylic oxidation sites excluding steroid dienone is 1. The number of nitrogens with one attached hydrogen (secondary N) is 2. The summed E-state index contributed by atoms with van der Waals surface area (Å²) in [7, 11) is 4.46. The SMILES string of the molecule is CC/C=C\CC(Oc1cc(OC(F)F)c(C=O)cc1NC)Oc1cc(OC(F)F)c(CN2CCC[C@H]2C(=O)OC)cc1NC. The minimum absolute atomic E-state index is 0.0400. The molecule has 242 valence electrons. The van der Waals surface area contributed by atoms with Gasteiger partial charge in [0.25, 0.3) is 0 Å². The summed E-state index contributed by atoms with van der Waals surface area (Å²) in [5.41, 5.74) is 0.963. The Hall–Kier alpha value is -4.20. The van der Waals surface area contributed by atoms with E-state index in [1.807, 2.05) is 17.9 Å². The zero-order chi connectivity index (χ0) is 32.2. The zero-order valence-corrected chi connectivity index (χ0v) is 24.9. The maximum Gasteiger partial charge on any atom is 0.387 e. The largest absolute Gasteiger partial charge is 0.468 e. The number of esters is 1. The molecule has 2 N–H and O–H groups in total. The van der Waals surface area contributed by atoms with Crippen molar-refractivity contribution < 1.29 is 50.8 Å². The fraction of sp³-hybridized carbons (Fsp3) is 0.467. The molecule has 0 radical (unpaired) electrons. The molecule has 1 fully saturated rings. The van der Waals surface area contributed by atoms with Crippen molar-refractivity contribution in [1.29, 1.82) is 0 Å². The Morgan fingerprint density at radius 1 is 0.932 bits per heavy atom. The van der Waals surface area contributed by atoms with Crippen LogP contribution in [-0.2, 0) is 16.1 Å². The molecule has 0 aromatic heterocycles. The summed E-state index contributed by atoms with van der Waals surface area (Å²) in [6.45, 7) is -3.70. The topological polar surface area (TPSA) is 108 Å². The van der Waals surface area contributed by atoms with Gasteiger partial charge in [-0.05, 0) is 37.9 Å². The van der Waals surface area contributed by atoms with E-state index < -0.39 is 37.3 Å². The maximum absolute atomic E-state index is 13.5. The minimum atomic E-state index is -3.19. The van der Waals surface area contributed by atoms with Gasteiger partial charge in [-0.2, -0.15) is 17.6 Å². The van der Waals surface area contributed by atoms with E-state index in [0.29, 0.717) is 42.6 Å². The van der Waals surface area contributed by atoms with Gasteiger partial charge in [-0.15, -0.1) is 0 Å². The van der Waals surface area contributed by atoms with E-state index in [1.165, 1.54) is 19.2 Å². The van der Waals surface area contributed by atoms with Crippen molar-refractivity contribution in [3.8, 4) is 23.0 Å². The van der Waals surface area contributed by atoms with Gasteiger partial charge in [-0.25, -0.2) is 0 Å². The molecule has 0 bridgehead atoms. The monoisotopic (exact) mass is 627 g/mol. The molecule has 2 atom stereocenters. The van der Waals surface area contributed by atoms with Crippen LogP contribution in [0.2, 0.25) is 0 Å². The summed E-state index contributed by atoms with van der Waals surface area (Å²) in [4.78, 5) is 25.6. The molecule has 1 heterocycles. The first-order chi connectivity index (χ1) is 21.1. The quantitative estimate of drug-likeness (QED) is 0.0707. The van der Waals surface area contributed by atoms with Crippen molar-refractivity contribution in [1.82, 2.24) is 4.90 Å². The molecule has 2 aromatic carbocycles. The van der Waals surface area contributed by atoms with Crippen LogP contribution in [0.1, 0.15) is 48.5 Å². The highest BCUT2D eigenvalue weighted by Crippen LogP contribution is 2.38. The van der Waals surface area contributed by atoms with E-state index in [-0.39, 0.29) is 35.8 Å². The molecular weight excluding hydrogens is 590 g/mol. The fourth-order valence-corrected chi connectivity index (χ4v) is 4.80. The standard InChI is InChI=1S/C30H37F4N3O7/c1-5-6-7-10-27(42-26-15-24(44-30(33)34)19(17-38)13-21(26)36-3)41-25-14-23(43-29(31)32)18(12-20(25)35-2)16-37-11-8-9-22(37)28(39)40-4/h6-7,12-15,17,22,27,29-30,35-36H,5,8-11,16H2,1-4H3/b7-6-/t22-,27?/m0/s1. The minimum Gasteiger partial charge on any atom is -0.468 e. The van der Waals surface area contributed by atoms with Crippen LogP contribution in [0.3, 0.4) is 0 Å². The van der Waals surface area contributed by atoms with Crippen LogP contribution in [0.15, 0.2) is 36.4 Å². The Labute approximate surface area is 253 Å². The molecule has 2 aromatic rings. The van der Waals surface area contributed by atoms with E-state index in [1.54, 1.807) is 26.2 Å². The third-order valence-electron chi connectivity index (χ3n) is 6.83. The van der Waals surface area contributed by atoms with Gasteiger partial charge in [0.2, 0.25) is 6.29 Å². The highest BCUT2D eigenvalue weighted by atomic mass is 19.3. The number of alkyl halides is 4. The molecule has 1 aliphatic heterocycles. The van der Waals surface area contributed by atoms with Crippen LogP contribution in [-0.4, -0.2) is 70.5 Å². The van der Waals surface area contributed by atoms with E-state index in [4.69, 9.17) is 18.9 Å². The average molecular weight is 628 g/mol. The summed E-state index contributed by atoms with van der Waals surface area (Å²) < 4.78 is 79.6. The molecule has 44 heavy (non-hydrogen) atoms. The van der Waals surface area contributed by atoms with Gasteiger partial charge in [0.05, 0.1) is 24.0 Å². The number of aldehydes is 1. The number of carbonyl (C=O) groups excluding carboxylic acids is 2. The third kappa shape index (κ3) is 9.15. The number of rotatable bonds is 17. The van der Waals surface area contributed by atoms with Gasteiger partial charge in [0.15, 0.2) is 17.8 Å². The smallest absolute Gasteiger partial charge is 0.387 e. The first-order valence-electron chi connectivity index (χ1n) is 14.0. The molecule has 0 aliphatic carbocycles. The number of hydrogen-bond acceptors (Lipinski definition) is 10. The average Bonchev–Trinajstić information content (AvgIpc) is 3.45. The molecule has 1 saturated heterocycles. The summed E-state index contributed by atoms with van der Waals surface area (Å²) in [5.74, 6) is -0.819. The van der Waals surface area contributed by atoms with E-state index in [2.05, 4.69) is 15.4 Å². The number of anilines is 2. The lowest BCUT2D eigenvalue weighted by molar-refractivity contribution is -0.146. The molecule has 0 spiro atoms. The number of hydrogen-bond donors (Lipinski definition) is 2. The third-order valence-corrected chi connectivity index (χ3v) is 6.83. The second-order valence-corrected chi connectivity index (χ2v) is 9.65. The molecule has 1 unspecified atom stereocenters. The second kappa shape index (κ2) is 16.6. The highest BCUT2D eigenvalue weighted by Gasteiger charge is 2.32. The fourth-order valence-electron chi connectivity index (χ4n) is 4.80. The number of methoxy groups -OCH3 is 1.